The highest BCUT2D eigenvalue weighted by Gasteiger charge is 2.32. The molecule has 2 heterocycles. The number of nitrogens with zero attached hydrogens (tertiary/aromatic N) is 1. The van der Waals surface area contributed by atoms with Crippen LogP contribution in [0.1, 0.15) is 43.7 Å². The van der Waals surface area contributed by atoms with Gasteiger partial charge in [0.15, 0.2) is 0 Å². The highest BCUT2D eigenvalue weighted by molar-refractivity contribution is 5.85. The molecule has 0 amide bonds. The van der Waals surface area contributed by atoms with Gasteiger partial charge in [-0.2, -0.15) is 0 Å². The Balaban J connectivity index is 0.000001000. The van der Waals surface area contributed by atoms with Gasteiger partial charge in [0.25, 0.3) is 0 Å². The van der Waals surface area contributed by atoms with Crippen molar-refractivity contribution in [1.82, 2.24) is 10.2 Å². The van der Waals surface area contributed by atoms with Crippen molar-refractivity contribution in [2.45, 2.75) is 38.6 Å². The van der Waals surface area contributed by atoms with Gasteiger partial charge in [-0.1, -0.05) is 19.8 Å². The molecule has 2 fully saturated rings. The summed E-state index contributed by atoms with van der Waals surface area (Å²) in [6.45, 7) is 6.69. The van der Waals surface area contributed by atoms with E-state index in [1.165, 1.54) is 25.0 Å². The number of furan rings is 1. The van der Waals surface area contributed by atoms with E-state index >= 15 is 0 Å². The predicted molar refractivity (Wildman–Crippen MR) is 87.1 cm³/mol. The molecular weight excluding hydrogens is 295 g/mol. The van der Waals surface area contributed by atoms with E-state index in [0.717, 1.165) is 44.3 Å². The van der Waals surface area contributed by atoms with Gasteiger partial charge in [0, 0.05) is 32.6 Å². The second-order valence-electron chi connectivity index (χ2n) is 5.64. The largest absolute Gasteiger partial charge is 0.464 e. The lowest BCUT2D eigenvalue weighted by molar-refractivity contribution is 0.140. The van der Waals surface area contributed by atoms with Crippen molar-refractivity contribution in [3.63, 3.8) is 0 Å². The molecule has 2 aliphatic rings. The van der Waals surface area contributed by atoms with Crippen LogP contribution in [0.25, 0.3) is 0 Å². The van der Waals surface area contributed by atoms with E-state index in [2.05, 4.69) is 29.3 Å². The molecular formula is C15H26Cl2N2O. The molecule has 1 saturated carbocycles. The Morgan fingerprint density at radius 1 is 1.25 bits per heavy atom. The number of aryl methyl sites for hydroxylation is 1. The summed E-state index contributed by atoms with van der Waals surface area (Å²) in [5.74, 6) is 3.27. The van der Waals surface area contributed by atoms with Crippen LogP contribution in [0.3, 0.4) is 0 Å². The summed E-state index contributed by atoms with van der Waals surface area (Å²) in [6.07, 6.45) is 5.13. The summed E-state index contributed by atoms with van der Waals surface area (Å²) in [4.78, 5) is 2.60. The molecule has 0 aromatic carbocycles. The molecule has 1 atom stereocenters. The zero-order chi connectivity index (χ0) is 12.4. The Labute approximate surface area is 134 Å². The van der Waals surface area contributed by atoms with Gasteiger partial charge in [0.05, 0.1) is 6.04 Å². The van der Waals surface area contributed by atoms with E-state index in [4.69, 9.17) is 4.42 Å². The van der Waals surface area contributed by atoms with E-state index in [-0.39, 0.29) is 24.8 Å². The molecule has 3 rings (SSSR count). The maximum absolute atomic E-state index is 6.01. The van der Waals surface area contributed by atoms with Gasteiger partial charge in [-0.15, -0.1) is 24.8 Å². The molecule has 1 saturated heterocycles. The fraction of sp³-hybridized carbons (Fsp3) is 0.733. The third kappa shape index (κ3) is 4.39. The third-order valence-electron chi connectivity index (χ3n) is 4.21. The van der Waals surface area contributed by atoms with Gasteiger partial charge < -0.3 is 9.73 Å². The summed E-state index contributed by atoms with van der Waals surface area (Å²) in [6, 6.07) is 4.87. The van der Waals surface area contributed by atoms with Crippen LogP contribution in [-0.4, -0.2) is 31.1 Å². The highest BCUT2D eigenvalue weighted by atomic mass is 35.5. The standard InChI is InChI=1S/C15H24N2O.2ClH/c1-2-13-5-6-15(18-13)14(11-12-3-4-12)17-9-7-16-8-10-17;;/h5-6,12,14,16H,2-4,7-11H2,1H3;2*1H/t14-;;/m0../s1. The van der Waals surface area contributed by atoms with Gasteiger partial charge in [-0.3, -0.25) is 4.90 Å². The van der Waals surface area contributed by atoms with Crippen LogP contribution in [0.5, 0.6) is 0 Å². The fourth-order valence-corrected chi connectivity index (χ4v) is 2.87. The van der Waals surface area contributed by atoms with Crippen LogP contribution >= 0.6 is 24.8 Å². The summed E-state index contributed by atoms with van der Waals surface area (Å²) in [5, 5.41) is 3.43. The van der Waals surface area contributed by atoms with E-state index in [0.29, 0.717) is 6.04 Å². The number of hydrogen-bond acceptors (Lipinski definition) is 3. The maximum Gasteiger partial charge on any atom is 0.121 e. The van der Waals surface area contributed by atoms with Crippen LogP contribution in [0.15, 0.2) is 16.5 Å². The fourth-order valence-electron chi connectivity index (χ4n) is 2.87. The molecule has 1 aromatic heterocycles. The average molecular weight is 321 g/mol. The Morgan fingerprint density at radius 3 is 2.50 bits per heavy atom. The monoisotopic (exact) mass is 320 g/mol. The summed E-state index contributed by atoms with van der Waals surface area (Å²) in [5.41, 5.74) is 0. The number of nitrogens with one attached hydrogen (secondary N) is 1. The van der Waals surface area contributed by atoms with Gasteiger partial charge in [-0.05, 0) is 24.5 Å². The highest BCUT2D eigenvalue weighted by Crippen LogP contribution is 2.40. The topological polar surface area (TPSA) is 28.4 Å². The number of piperazine rings is 1. The molecule has 1 aliphatic carbocycles. The van der Waals surface area contributed by atoms with Crippen molar-refractivity contribution in [3.05, 3.63) is 23.7 Å². The van der Waals surface area contributed by atoms with Crippen molar-refractivity contribution in [1.29, 1.82) is 0 Å². The van der Waals surface area contributed by atoms with Gasteiger partial charge in [0.2, 0.25) is 0 Å². The van der Waals surface area contributed by atoms with E-state index in [9.17, 15) is 0 Å². The Bertz CT molecular complexity index is 387. The first-order chi connectivity index (χ1) is 8.86. The van der Waals surface area contributed by atoms with Crippen molar-refractivity contribution < 1.29 is 4.42 Å². The van der Waals surface area contributed by atoms with Crippen LogP contribution < -0.4 is 5.32 Å². The third-order valence-corrected chi connectivity index (χ3v) is 4.21. The Morgan fingerprint density at radius 2 is 1.95 bits per heavy atom. The molecule has 1 N–H and O–H groups in total. The second-order valence-corrected chi connectivity index (χ2v) is 5.64. The van der Waals surface area contributed by atoms with E-state index in [1.807, 2.05) is 0 Å². The molecule has 0 unspecified atom stereocenters. The van der Waals surface area contributed by atoms with Gasteiger partial charge >= 0.3 is 0 Å². The zero-order valence-electron chi connectivity index (χ0n) is 12.1. The normalized spacial score (nSPS) is 20.9. The molecule has 116 valence electrons. The zero-order valence-corrected chi connectivity index (χ0v) is 13.8. The van der Waals surface area contributed by atoms with Crippen LogP contribution in [0.2, 0.25) is 0 Å². The number of hydrogen-bond donors (Lipinski definition) is 1. The van der Waals surface area contributed by atoms with E-state index in [1.54, 1.807) is 0 Å². The van der Waals surface area contributed by atoms with Crippen LogP contribution in [0, 0.1) is 5.92 Å². The minimum atomic E-state index is 0. The molecule has 0 spiro atoms. The second kappa shape index (κ2) is 8.28. The van der Waals surface area contributed by atoms with E-state index < -0.39 is 0 Å². The quantitative estimate of drug-likeness (QED) is 0.901. The summed E-state index contributed by atoms with van der Waals surface area (Å²) < 4.78 is 6.01. The van der Waals surface area contributed by atoms with Crippen molar-refractivity contribution >= 4 is 24.8 Å². The van der Waals surface area contributed by atoms with Crippen molar-refractivity contribution in [3.8, 4) is 0 Å². The molecule has 0 radical (unpaired) electrons. The van der Waals surface area contributed by atoms with Gasteiger partial charge in [0.1, 0.15) is 11.5 Å². The summed E-state index contributed by atoms with van der Waals surface area (Å²) >= 11 is 0. The Hall–Kier alpha value is -0.220. The lowest BCUT2D eigenvalue weighted by atomic mass is 10.1. The predicted octanol–water partition coefficient (Wildman–Crippen LogP) is 3.43. The number of rotatable bonds is 5. The lowest BCUT2D eigenvalue weighted by Crippen LogP contribution is -2.45. The lowest BCUT2D eigenvalue weighted by Gasteiger charge is -2.34. The minimum absolute atomic E-state index is 0. The van der Waals surface area contributed by atoms with Crippen molar-refractivity contribution in [2.24, 2.45) is 5.92 Å². The minimum Gasteiger partial charge on any atom is -0.464 e. The molecule has 1 aliphatic heterocycles. The molecule has 0 bridgehead atoms. The first-order valence-electron chi connectivity index (χ1n) is 7.40. The smallest absolute Gasteiger partial charge is 0.121 e. The molecule has 5 heteroatoms. The molecule has 20 heavy (non-hydrogen) atoms. The first-order valence-corrected chi connectivity index (χ1v) is 7.40. The number of halogens is 2. The first kappa shape index (κ1) is 17.8. The summed E-state index contributed by atoms with van der Waals surface area (Å²) in [7, 11) is 0. The molecule has 1 aromatic rings. The average Bonchev–Trinajstić information content (AvgIpc) is 3.12. The molecule has 3 nitrogen and oxygen atoms in total. The SMILES string of the molecule is CCc1ccc([C@H](CC2CC2)N2CCNCC2)o1.Cl.Cl. The van der Waals surface area contributed by atoms with Gasteiger partial charge in [-0.25, -0.2) is 0 Å². The Kier molecular flexibility index (Phi) is 7.38. The van der Waals surface area contributed by atoms with Crippen molar-refractivity contribution in [2.75, 3.05) is 26.2 Å². The maximum atomic E-state index is 6.01. The van der Waals surface area contributed by atoms with Crippen LogP contribution in [-0.2, 0) is 6.42 Å². The van der Waals surface area contributed by atoms with Crippen LogP contribution in [0.4, 0.5) is 0 Å².